The molecule has 4 rings (SSSR count). The molecule has 0 saturated heterocycles. The summed E-state index contributed by atoms with van der Waals surface area (Å²) >= 11 is 6.26. The summed E-state index contributed by atoms with van der Waals surface area (Å²) in [5.74, 6) is -0.294. The van der Waals surface area contributed by atoms with Crippen LogP contribution < -0.4 is 5.56 Å². The number of hydrogen-bond acceptors (Lipinski definition) is 4. The van der Waals surface area contributed by atoms with Gasteiger partial charge in [0.2, 0.25) is 0 Å². The van der Waals surface area contributed by atoms with E-state index in [2.05, 4.69) is 0 Å². The summed E-state index contributed by atoms with van der Waals surface area (Å²) in [5, 5.41) is 0.802. The van der Waals surface area contributed by atoms with E-state index in [1.54, 1.807) is 48.5 Å². The summed E-state index contributed by atoms with van der Waals surface area (Å²) in [6.45, 7) is 2.48. The van der Waals surface area contributed by atoms with E-state index in [9.17, 15) is 22.8 Å². The molecule has 0 radical (unpaired) electrons. The number of amides is 1. The number of para-hydroxylation sites is 1. The molecule has 1 unspecified atom stereocenters. The molecule has 10 heteroatoms. The molecule has 0 bridgehead atoms. The number of carbonyl (C=O) groups excluding carboxylic acids is 1. The van der Waals surface area contributed by atoms with Crippen molar-refractivity contribution in [3.8, 4) is 5.69 Å². The lowest BCUT2D eigenvalue weighted by Gasteiger charge is -2.33. The second-order valence-corrected chi connectivity index (χ2v) is 9.85. The highest BCUT2D eigenvalue weighted by Gasteiger charge is 2.33. The predicted octanol–water partition coefficient (Wildman–Crippen LogP) is 6.21. The van der Waals surface area contributed by atoms with Crippen molar-refractivity contribution in [3.63, 3.8) is 0 Å². The smallest absolute Gasteiger partial charge is 0.327 e. The van der Waals surface area contributed by atoms with E-state index in [1.165, 1.54) is 21.6 Å². The van der Waals surface area contributed by atoms with Crippen molar-refractivity contribution in [2.45, 2.75) is 25.6 Å². The summed E-state index contributed by atoms with van der Waals surface area (Å²) in [5.41, 5.74) is -0.421. The highest BCUT2D eigenvalue weighted by Crippen LogP contribution is 2.32. The van der Waals surface area contributed by atoms with Crippen molar-refractivity contribution in [3.05, 3.63) is 105 Å². The van der Waals surface area contributed by atoms with Gasteiger partial charge in [0.1, 0.15) is 5.82 Å². The summed E-state index contributed by atoms with van der Waals surface area (Å²) in [7, 11) is 3.67. The maximum absolute atomic E-state index is 13.9. The Kier molecular flexibility index (Phi) is 8.42. The Hall–Kier alpha value is -3.69. The lowest BCUT2D eigenvalue weighted by molar-refractivity contribution is -0.137. The minimum atomic E-state index is -4.60. The van der Waals surface area contributed by atoms with Crippen LogP contribution in [0.15, 0.2) is 77.6 Å². The SMILES string of the molecule is CCC(c1nc2ccccc2c(=O)n1-c1cccc(Cl)c1)N(CCN(C)C)C(=O)c1cccc(C(F)(F)F)c1. The van der Waals surface area contributed by atoms with E-state index in [-0.39, 0.29) is 17.7 Å². The lowest BCUT2D eigenvalue weighted by atomic mass is 10.1. The molecule has 1 amide bonds. The van der Waals surface area contributed by atoms with Gasteiger partial charge in [0.25, 0.3) is 11.5 Å². The second kappa shape index (κ2) is 11.6. The molecule has 1 atom stereocenters. The third-order valence-electron chi connectivity index (χ3n) is 6.41. The van der Waals surface area contributed by atoms with Crippen LogP contribution in [0, 0.1) is 0 Å². The monoisotopic (exact) mass is 556 g/mol. The van der Waals surface area contributed by atoms with Crippen molar-refractivity contribution >= 4 is 28.4 Å². The fourth-order valence-corrected chi connectivity index (χ4v) is 4.67. The van der Waals surface area contributed by atoms with Crippen molar-refractivity contribution in [1.29, 1.82) is 0 Å². The third kappa shape index (κ3) is 6.15. The largest absolute Gasteiger partial charge is 0.416 e. The van der Waals surface area contributed by atoms with E-state index >= 15 is 0 Å². The molecule has 3 aromatic carbocycles. The van der Waals surface area contributed by atoms with Gasteiger partial charge in [0, 0.05) is 23.7 Å². The van der Waals surface area contributed by atoms with Crippen LogP contribution >= 0.6 is 11.6 Å². The van der Waals surface area contributed by atoms with E-state index in [0.717, 1.165) is 12.1 Å². The Morgan fingerprint density at radius 3 is 2.38 bits per heavy atom. The zero-order chi connectivity index (χ0) is 28.3. The van der Waals surface area contributed by atoms with Gasteiger partial charge in [-0.05, 0) is 69.0 Å². The zero-order valence-electron chi connectivity index (χ0n) is 21.7. The maximum Gasteiger partial charge on any atom is 0.416 e. The summed E-state index contributed by atoms with van der Waals surface area (Å²) < 4.78 is 41.8. The first-order valence-electron chi connectivity index (χ1n) is 12.4. The zero-order valence-corrected chi connectivity index (χ0v) is 22.5. The van der Waals surface area contributed by atoms with E-state index in [4.69, 9.17) is 16.6 Å². The van der Waals surface area contributed by atoms with Gasteiger partial charge in [-0.3, -0.25) is 14.2 Å². The second-order valence-electron chi connectivity index (χ2n) is 9.41. The first-order valence-corrected chi connectivity index (χ1v) is 12.8. The number of hydrogen-bond donors (Lipinski definition) is 0. The van der Waals surface area contributed by atoms with Gasteiger partial charge in [-0.15, -0.1) is 0 Å². The van der Waals surface area contributed by atoms with Crippen LogP contribution in [0.3, 0.4) is 0 Å². The van der Waals surface area contributed by atoms with Crippen molar-refractivity contribution in [2.24, 2.45) is 0 Å². The van der Waals surface area contributed by atoms with Crippen molar-refractivity contribution in [2.75, 3.05) is 27.2 Å². The quantitative estimate of drug-likeness (QED) is 0.259. The van der Waals surface area contributed by atoms with E-state index < -0.39 is 23.7 Å². The molecule has 1 aromatic heterocycles. The molecule has 39 heavy (non-hydrogen) atoms. The minimum Gasteiger partial charge on any atom is -0.327 e. The van der Waals surface area contributed by atoms with Gasteiger partial charge in [0.15, 0.2) is 0 Å². The van der Waals surface area contributed by atoms with Gasteiger partial charge in [-0.25, -0.2) is 4.98 Å². The lowest BCUT2D eigenvalue weighted by Crippen LogP contribution is -2.42. The molecule has 0 spiro atoms. The number of alkyl halides is 3. The first kappa shape index (κ1) is 28.3. The Balaban J connectivity index is 1.93. The first-order chi connectivity index (χ1) is 18.5. The number of aromatic nitrogens is 2. The average Bonchev–Trinajstić information content (AvgIpc) is 2.90. The number of halogens is 4. The van der Waals surface area contributed by atoms with Gasteiger partial charge in [-0.2, -0.15) is 13.2 Å². The number of carbonyl (C=O) groups is 1. The Morgan fingerprint density at radius 2 is 1.72 bits per heavy atom. The number of nitrogens with zero attached hydrogens (tertiary/aromatic N) is 4. The van der Waals surface area contributed by atoms with Crippen molar-refractivity contribution < 1.29 is 18.0 Å². The standard InChI is InChI=1S/C29H28ClF3N4O2/c1-4-25(36(16-15-35(2)3)27(38)19-9-7-10-20(17-19)29(31,32)33)26-34-24-14-6-5-13-23(24)28(39)37(26)22-12-8-11-21(30)18-22/h5-14,17-18,25H,4,15-16H2,1-3H3. The van der Waals surface area contributed by atoms with Crippen LogP contribution in [0.4, 0.5) is 13.2 Å². The van der Waals surface area contributed by atoms with Crippen LogP contribution in [0.1, 0.15) is 41.1 Å². The van der Waals surface area contributed by atoms with E-state index in [0.29, 0.717) is 40.4 Å². The van der Waals surface area contributed by atoms with Crippen LogP contribution in [0.5, 0.6) is 0 Å². The van der Waals surface area contributed by atoms with Crippen LogP contribution in [0.25, 0.3) is 16.6 Å². The highest BCUT2D eigenvalue weighted by molar-refractivity contribution is 6.30. The van der Waals surface area contributed by atoms with Gasteiger partial charge < -0.3 is 9.80 Å². The number of benzene rings is 3. The molecule has 1 heterocycles. The molecule has 0 aliphatic carbocycles. The molecule has 4 aromatic rings. The third-order valence-corrected chi connectivity index (χ3v) is 6.65. The number of rotatable bonds is 8. The molecule has 6 nitrogen and oxygen atoms in total. The average molecular weight is 557 g/mol. The Morgan fingerprint density at radius 1 is 1.00 bits per heavy atom. The molecular weight excluding hydrogens is 529 g/mol. The number of fused-ring (bicyclic) bond motifs is 1. The van der Waals surface area contributed by atoms with Crippen molar-refractivity contribution in [1.82, 2.24) is 19.4 Å². The van der Waals surface area contributed by atoms with Crippen LogP contribution in [0.2, 0.25) is 5.02 Å². The Labute approximate surface area is 229 Å². The summed E-state index contributed by atoms with van der Waals surface area (Å²) in [4.78, 5) is 35.9. The van der Waals surface area contributed by atoms with Gasteiger partial charge in [-0.1, -0.05) is 42.8 Å². The van der Waals surface area contributed by atoms with Gasteiger partial charge in [0.05, 0.1) is 28.2 Å². The van der Waals surface area contributed by atoms with Crippen LogP contribution in [-0.2, 0) is 6.18 Å². The minimum absolute atomic E-state index is 0.0977. The fourth-order valence-electron chi connectivity index (χ4n) is 4.48. The number of likely N-dealkylation sites (N-methyl/N-ethyl adjacent to an activating group) is 1. The molecule has 204 valence electrons. The highest BCUT2D eigenvalue weighted by atomic mass is 35.5. The molecular formula is C29H28ClF3N4O2. The molecule has 0 aliphatic rings. The molecule has 0 aliphatic heterocycles. The van der Waals surface area contributed by atoms with E-state index in [1.807, 2.05) is 25.9 Å². The maximum atomic E-state index is 13.9. The van der Waals surface area contributed by atoms with Gasteiger partial charge >= 0.3 is 6.18 Å². The normalized spacial score (nSPS) is 12.6. The molecule has 0 N–H and O–H groups in total. The fraction of sp³-hybridized carbons (Fsp3) is 0.276. The summed E-state index contributed by atoms with van der Waals surface area (Å²) in [6.07, 6.45) is -4.24. The summed E-state index contributed by atoms with van der Waals surface area (Å²) in [6, 6.07) is 17.3. The predicted molar refractivity (Wildman–Crippen MR) is 146 cm³/mol. The topological polar surface area (TPSA) is 58.4 Å². The Bertz CT molecular complexity index is 1550. The molecule has 0 fully saturated rings. The molecule has 0 saturated carbocycles. The van der Waals surface area contributed by atoms with Crippen LogP contribution in [-0.4, -0.2) is 52.4 Å².